The van der Waals surface area contributed by atoms with Crippen molar-refractivity contribution in [2.45, 2.75) is 13.8 Å². The van der Waals surface area contributed by atoms with E-state index in [0.29, 0.717) is 18.0 Å². The molecule has 1 aromatic heterocycles. The molecule has 0 aliphatic rings. The zero-order valence-electron chi connectivity index (χ0n) is 16.3. The first kappa shape index (κ1) is 21.3. The van der Waals surface area contributed by atoms with Crippen molar-refractivity contribution in [3.63, 3.8) is 0 Å². The summed E-state index contributed by atoms with van der Waals surface area (Å²) in [7, 11) is 1.58. The molecule has 0 saturated carbocycles. The Morgan fingerprint density at radius 1 is 1.31 bits per heavy atom. The van der Waals surface area contributed by atoms with Gasteiger partial charge in [-0.1, -0.05) is 12.1 Å². The molecule has 0 unspecified atom stereocenters. The predicted octanol–water partition coefficient (Wildman–Crippen LogP) is 6.02. The highest BCUT2D eigenvalue weighted by Gasteiger charge is 2.16. The van der Waals surface area contributed by atoms with E-state index < -0.39 is 6.09 Å². The molecule has 152 valence electrons. The van der Waals surface area contributed by atoms with E-state index in [1.54, 1.807) is 7.11 Å². The molecular formula is C21H21BrN2O4S. The number of halogens is 1. The topological polar surface area (TPSA) is 71.9 Å². The Labute approximate surface area is 181 Å². The van der Waals surface area contributed by atoms with Gasteiger partial charge < -0.3 is 14.6 Å². The lowest BCUT2D eigenvalue weighted by Gasteiger charge is -2.19. The normalized spacial score (nSPS) is 11.3. The van der Waals surface area contributed by atoms with Crippen molar-refractivity contribution in [1.82, 2.24) is 4.98 Å². The third-order valence-electron chi connectivity index (χ3n) is 4.27. The minimum atomic E-state index is -0.955. The van der Waals surface area contributed by atoms with Crippen LogP contribution in [0.15, 0.2) is 34.8 Å². The summed E-state index contributed by atoms with van der Waals surface area (Å²) in [5.41, 5.74) is 3.45. The Balaban J connectivity index is 1.85. The van der Waals surface area contributed by atoms with Gasteiger partial charge in [0.15, 0.2) is 6.79 Å². The first-order valence-electron chi connectivity index (χ1n) is 8.94. The second-order valence-electron chi connectivity index (χ2n) is 6.26. The number of methoxy groups -OCH3 is 1. The maximum Gasteiger partial charge on any atom is 0.411 e. The minimum absolute atomic E-state index is 0.193. The molecule has 0 bridgehead atoms. The predicted molar refractivity (Wildman–Crippen MR) is 121 cm³/mol. The van der Waals surface area contributed by atoms with Crippen molar-refractivity contribution in [2.24, 2.45) is 0 Å². The maximum atomic E-state index is 11.5. The number of anilines is 1. The molecule has 3 aromatic rings. The number of carboxylic acid groups (broad SMARTS) is 1. The number of nitrogens with zero attached hydrogens (tertiary/aromatic N) is 2. The molecule has 0 aliphatic carbocycles. The number of thiazole rings is 1. The van der Waals surface area contributed by atoms with Gasteiger partial charge in [-0.05, 0) is 71.2 Å². The van der Waals surface area contributed by atoms with Gasteiger partial charge in [-0.2, -0.15) is 0 Å². The summed E-state index contributed by atoms with van der Waals surface area (Å²) in [4.78, 5) is 17.5. The number of fused-ring (bicyclic) bond motifs is 1. The number of hydrogen-bond acceptors (Lipinski definition) is 5. The van der Waals surface area contributed by atoms with Crippen LogP contribution in [0.25, 0.3) is 22.4 Å². The van der Waals surface area contributed by atoms with Crippen LogP contribution in [0.5, 0.6) is 5.75 Å². The molecule has 0 saturated heterocycles. The zero-order valence-corrected chi connectivity index (χ0v) is 18.7. The van der Waals surface area contributed by atoms with Gasteiger partial charge >= 0.3 is 6.09 Å². The molecule has 29 heavy (non-hydrogen) atoms. The second-order valence-corrected chi connectivity index (χ2v) is 8.18. The SMILES string of the molecule is CCN(C(=O)O)c1cc2sc(/C=C/c3ccc(OCOC)c(Br)c3)nc2cc1C. The molecule has 1 N–H and O–H groups in total. The molecule has 0 fully saturated rings. The molecule has 2 aromatic carbocycles. The summed E-state index contributed by atoms with van der Waals surface area (Å²) < 4.78 is 12.2. The minimum Gasteiger partial charge on any atom is -0.466 e. The Morgan fingerprint density at radius 2 is 2.10 bits per heavy atom. The van der Waals surface area contributed by atoms with E-state index in [1.807, 2.05) is 56.3 Å². The maximum absolute atomic E-state index is 11.5. The standard InChI is InChI=1S/C21H21BrN2O4S/c1-4-24(21(25)26)17-11-19-16(9-13(17)2)23-20(29-19)8-6-14-5-7-18(15(22)10-14)28-12-27-3/h5-11H,4,12H2,1-3H3,(H,25,26)/b8-6+. The molecule has 0 atom stereocenters. The van der Waals surface area contributed by atoms with Gasteiger partial charge in [-0.3, -0.25) is 4.90 Å². The quantitative estimate of drug-likeness (QED) is 0.421. The lowest BCUT2D eigenvalue weighted by Crippen LogP contribution is -2.29. The van der Waals surface area contributed by atoms with Crippen LogP contribution in [-0.2, 0) is 4.74 Å². The van der Waals surface area contributed by atoms with Crippen molar-refractivity contribution >= 4 is 61.4 Å². The largest absolute Gasteiger partial charge is 0.466 e. The number of hydrogen-bond donors (Lipinski definition) is 1. The molecule has 0 spiro atoms. The smallest absolute Gasteiger partial charge is 0.411 e. The van der Waals surface area contributed by atoms with Crippen LogP contribution >= 0.6 is 27.3 Å². The van der Waals surface area contributed by atoms with E-state index >= 15 is 0 Å². The number of amides is 1. The molecule has 0 aliphatic heterocycles. The first-order valence-corrected chi connectivity index (χ1v) is 10.5. The summed E-state index contributed by atoms with van der Waals surface area (Å²) >= 11 is 5.03. The van der Waals surface area contributed by atoms with Gasteiger partial charge in [-0.25, -0.2) is 9.78 Å². The van der Waals surface area contributed by atoms with Gasteiger partial charge in [0, 0.05) is 13.7 Å². The Kier molecular flexibility index (Phi) is 6.89. The van der Waals surface area contributed by atoms with Gasteiger partial charge in [0.25, 0.3) is 0 Å². The zero-order chi connectivity index (χ0) is 21.0. The molecule has 1 heterocycles. The van der Waals surface area contributed by atoms with E-state index in [-0.39, 0.29) is 6.79 Å². The van der Waals surface area contributed by atoms with E-state index in [4.69, 9.17) is 9.47 Å². The van der Waals surface area contributed by atoms with Crippen molar-refractivity contribution in [1.29, 1.82) is 0 Å². The van der Waals surface area contributed by atoms with E-state index in [2.05, 4.69) is 20.9 Å². The fourth-order valence-electron chi connectivity index (χ4n) is 2.88. The average molecular weight is 477 g/mol. The van der Waals surface area contributed by atoms with Crippen molar-refractivity contribution in [3.8, 4) is 5.75 Å². The van der Waals surface area contributed by atoms with Crippen LogP contribution in [-0.4, -0.2) is 36.6 Å². The summed E-state index contributed by atoms with van der Waals surface area (Å²) in [6.07, 6.45) is 2.97. The third-order valence-corrected chi connectivity index (χ3v) is 5.87. The third kappa shape index (κ3) is 4.95. The van der Waals surface area contributed by atoms with Crippen LogP contribution in [0.2, 0.25) is 0 Å². The fourth-order valence-corrected chi connectivity index (χ4v) is 4.28. The number of aromatic nitrogens is 1. The molecule has 0 radical (unpaired) electrons. The van der Waals surface area contributed by atoms with E-state index in [1.165, 1.54) is 16.2 Å². The van der Waals surface area contributed by atoms with Crippen molar-refractivity contribution in [3.05, 3.63) is 50.9 Å². The molecular weight excluding hydrogens is 456 g/mol. The monoisotopic (exact) mass is 476 g/mol. The Bertz CT molecular complexity index is 1060. The highest BCUT2D eigenvalue weighted by molar-refractivity contribution is 9.10. The van der Waals surface area contributed by atoms with Crippen LogP contribution in [0.3, 0.4) is 0 Å². The number of ether oxygens (including phenoxy) is 2. The van der Waals surface area contributed by atoms with Crippen LogP contribution in [0.1, 0.15) is 23.1 Å². The molecule has 6 nitrogen and oxygen atoms in total. The van der Waals surface area contributed by atoms with Gasteiger partial charge in [0.05, 0.1) is 20.4 Å². The van der Waals surface area contributed by atoms with Crippen molar-refractivity contribution < 1.29 is 19.4 Å². The van der Waals surface area contributed by atoms with Gasteiger partial charge in [0.2, 0.25) is 0 Å². The van der Waals surface area contributed by atoms with Gasteiger partial charge in [-0.15, -0.1) is 11.3 Å². The fraction of sp³-hybridized carbons (Fsp3) is 0.238. The van der Waals surface area contributed by atoms with Crippen molar-refractivity contribution in [2.75, 3.05) is 25.3 Å². The Morgan fingerprint density at radius 3 is 2.76 bits per heavy atom. The van der Waals surface area contributed by atoms with Crippen LogP contribution in [0.4, 0.5) is 10.5 Å². The lowest BCUT2D eigenvalue weighted by molar-refractivity contribution is 0.0506. The number of benzene rings is 2. The van der Waals surface area contributed by atoms with Gasteiger partial charge in [0.1, 0.15) is 10.8 Å². The molecule has 1 amide bonds. The number of aryl methyl sites for hydroxylation is 1. The van der Waals surface area contributed by atoms with E-state index in [9.17, 15) is 9.90 Å². The summed E-state index contributed by atoms with van der Waals surface area (Å²) in [5, 5.41) is 10.3. The number of carbonyl (C=O) groups is 1. The molecule has 3 rings (SSSR count). The second kappa shape index (κ2) is 9.39. The first-order chi connectivity index (χ1) is 13.9. The number of rotatable bonds is 7. The summed E-state index contributed by atoms with van der Waals surface area (Å²) in [6, 6.07) is 9.62. The van der Waals surface area contributed by atoms with Crippen LogP contribution < -0.4 is 9.64 Å². The molecule has 8 heteroatoms. The lowest BCUT2D eigenvalue weighted by atomic mass is 10.1. The highest BCUT2D eigenvalue weighted by atomic mass is 79.9. The average Bonchev–Trinajstić information content (AvgIpc) is 3.07. The van der Waals surface area contributed by atoms with E-state index in [0.717, 1.165) is 30.8 Å². The summed E-state index contributed by atoms with van der Waals surface area (Å²) in [6.45, 7) is 4.31. The van der Waals surface area contributed by atoms with Crippen LogP contribution in [0, 0.1) is 6.92 Å². The Hall–Kier alpha value is -2.42. The highest BCUT2D eigenvalue weighted by Crippen LogP contribution is 2.32. The summed E-state index contributed by atoms with van der Waals surface area (Å²) in [5.74, 6) is 0.714.